The van der Waals surface area contributed by atoms with Crippen LogP contribution in [0.2, 0.25) is 0 Å². The molecule has 4 N–H and O–H groups in total. The molecule has 5 atom stereocenters. The summed E-state index contributed by atoms with van der Waals surface area (Å²) in [4.78, 5) is 81.1. The second-order valence-electron chi connectivity index (χ2n) is 15.3. The summed E-state index contributed by atoms with van der Waals surface area (Å²) >= 11 is 0. The molecule has 3 aromatic rings. The van der Waals surface area contributed by atoms with E-state index in [0.29, 0.717) is 0 Å². The Bertz CT molecular complexity index is 1950. The van der Waals surface area contributed by atoms with E-state index in [1.165, 1.54) is 32.2 Å². The maximum atomic E-state index is 16.4. The summed E-state index contributed by atoms with van der Waals surface area (Å²) in [5.41, 5.74) is 3.43. The summed E-state index contributed by atoms with van der Waals surface area (Å²) in [5.74, 6) is -9.46. The van der Waals surface area contributed by atoms with Crippen molar-refractivity contribution in [3.63, 3.8) is 0 Å². The van der Waals surface area contributed by atoms with Gasteiger partial charge in [0.15, 0.2) is 6.04 Å². The number of hydrogen-bond acceptors (Lipinski definition) is 8. The number of likely N-dealkylation sites (tertiary alicyclic amines) is 1. The number of alkyl halides is 2. The minimum Gasteiger partial charge on any atom is -0.467 e. The Labute approximate surface area is 336 Å². The molecule has 13 nitrogen and oxygen atoms in total. The maximum absolute atomic E-state index is 16.4. The van der Waals surface area contributed by atoms with Crippen LogP contribution < -0.4 is 21.3 Å². The van der Waals surface area contributed by atoms with E-state index in [2.05, 4.69) is 21.3 Å². The third kappa shape index (κ3) is 9.46. The lowest BCUT2D eigenvalue weighted by atomic mass is 9.98. The number of fused-ring (bicyclic) bond motifs is 3. The summed E-state index contributed by atoms with van der Waals surface area (Å²) in [5, 5.41) is 9.80. The molecule has 5 amide bonds. The summed E-state index contributed by atoms with van der Waals surface area (Å²) in [7, 11) is 1.19. The molecular weight excluding hydrogens is 752 g/mol. The van der Waals surface area contributed by atoms with Crippen LogP contribution in [0.4, 0.5) is 13.6 Å². The quantitative estimate of drug-likeness (QED) is 0.161. The van der Waals surface area contributed by atoms with Crippen molar-refractivity contribution in [3.8, 4) is 11.1 Å². The largest absolute Gasteiger partial charge is 0.467 e. The molecule has 1 heterocycles. The number of rotatable bonds is 15. The van der Waals surface area contributed by atoms with Gasteiger partial charge in [0.2, 0.25) is 17.7 Å². The van der Waals surface area contributed by atoms with Crippen LogP contribution in [0.1, 0.15) is 70.1 Å². The van der Waals surface area contributed by atoms with Gasteiger partial charge in [-0.05, 0) is 53.9 Å². The van der Waals surface area contributed by atoms with Gasteiger partial charge in [-0.15, -0.1) is 0 Å². The van der Waals surface area contributed by atoms with Crippen LogP contribution in [0, 0.1) is 11.8 Å². The van der Waals surface area contributed by atoms with E-state index in [1.807, 2.05) is 48.5 Å². The minimum absolute atomic E-state index is 0.0529. The monoisotopic (exact) mass is 803 g/mol. The van der Waals surface area contributed by atoms with Crippen molar-refractivity contribution >= 4 is 35.7 Å². The Hall–Kier alpha value is -5.86. The number of hydrogen-bond donors (Lipinski definition) is 4. The highest BCUT2D eigenvalue weighted by atomic mass is 19.3. The summed E-state index contributed by atoms with van der Waals surface area (Å²) in [6, 6.07) is 14.7. The van der Waals surface area contributed by atoms with Gasteiger partial charge < -0.3 is 35.6 Å². The van der Waals surface area contributed by atoms with E-state index in [1.54, 1.807) is 27.7 Å². The zero-order chi connectivity index (χ0) is 42.3. The van der Waals surface area contributed by atoms with E-state index in [0.717, 1.165) is 39.3 Å². The average Bonchev–Trinajstić information content (AvgIpc) is 3.83. The molecule has 15 heteroatoms. The maximum Gasteiger partial charge on any atom is 0.407 e. The van der Waals surface area contributed by atoms with Crippen LogP contribution in [-0.2, 0) is 39.4 Å². The molecule has 1 aliphatic carbocycles. The predicted octanol–water partition coefficient (Wildman–Crippen LogP) is 4.64. The number of carbonyl (C=O) groups excluding carboxylic acids is 6. The standard InChI is InChI=1S/C43H51F2N5O8/c1-24(2)34(39(53)48-35(25(3)4)41(55)57-6)47-38(52)33-21-14-22-50(33)40(54)36(43(44,45)27-15-8-7-9-16-27)49-37(51)26(5)46-42(56)58-23-32-30-19-12-10-17-28(30)29-18-11-13-20-31(29)32/h7-13,15-20,24-26,32-36H,14,21-23H2,1-6H3,(H,46,56)(H,47,52)(H,48,53)(H,49,51)/t26-,33-,34-,35-,36-/m0/s1. The zero-order valence-electron chi connectivity index (χ0n) is 33.4. The Kier molecular flexibility index (Phi) is 13.9. The van der Waals surface area contributed by atoms with Gasteiger partial charge >= 0.3 is 18.0 Å². The van der Waals surface area contributed by atoms with Crippen molar-refractivity contribution in [1.29, 1.82) is 0 Å². The number of carbonyl (C=O) groups is 6. The van der Waals surface area contributed by atoms with E-state index in [4.69, 9.17) is 9.47 Å². The molecule has 2 aliphatic rings. The van der Waals surface area contributed by atoms with E-state index in [-0.39, 0.29) is 37.8 Å². The fraction of sp³-hybridized carbons (Fsp3) is 0.442. The van der Waals surface area contributed by atoms with Gasteiger partial charge in [0, 0.05) is 18.0 Å². The molecule has 1 aliphatic heterocycles. The fourth-order valence-corrected chi connectivity index (χ4v) is 7.41. The van der Waals surface area contributed by atoms with E-state index >= 15 is 8.78 Å². The highest BCUT2D eigenvalue weighted by Crippen LogP contribution is 2.44. The lowest BCUT2D eigenvalue weighted by Gasteiger charge is -2.34. The Morgan fingerprint density at radius 1 is 0.741 bits per heavy atom. The van der Waals surface area contributed by atoms with Crippen molar-refractivity contribution in [2.75, 3.05) is 20.3 Å². The van der Waals surface area contributed by atoms with E-state index < -0.39 is 83.3 Å². The molecule has 0 saturated carbocycles. The predicted molar refractivity (Wildman–Crippen MR) is 210 cm³/mol. The van der Waals surface area contributed by atoms with Crippen LogP contribution in [0.3, 0.4) is 0 Å². The second-order valence-corrected chi connectivity index (χ2v) is 15.3. The fourth-order valence-electron chi connectivity index (χ4n) is 7.41. The average molecular weight is 804 g/mol. The van der Waals surface area contributed by atoms with Gasteiger partial charge in [-0.3, -0.25) is 19.2 Å². The smallest absolute Gasteiger partial charge is 0.407 e. The van der Waals surface area contributed by atoms with Crippen LogP contribution in [0.15, 0.2) is 78.9 Å². The first-order valence-corrected chi connectivity index (χ1v) is 19.4. The van der Waals surface area contributed by atoms with Crippen molar-refractivity contribution in [2.45, 2.75) is 89.5 Å². The number of amides is 5. The highest BCUT2D eigenvalue weighted by Gasteiger charge is 2.51. The third-order valence-electron chi connectivity index (χ3n) is 10.6. The molecule has 0 unspecified atom stereocenters. The molecule has 310 valence electrons. The van der Waals surface area contributed by atoms with Gasteiger partial charge in [-0.2, -0.15) is 8.78 Å². The molecule has 0 aromatic heterocycles. The SMILES string of the molecule is COC(=O)[C@@H](NC(=O)[C@@H](NC(=O)[C@@H]1CCCN1C(=O)[C@H](NC(=O)[C@H](C)NC(=O)OCC1c2ccccc2-c2ccccc21)C(F)(F)c1ccccc1)C(C)C)C(C)C. The van der Waals surface area contributed by atoms with Gasteiger partial charge in [0.1, 0.15) is 30.8 Å². The number of nitrogens with zero attached hydrogens (tertiary/aromatic N) is 1. The molecule has 0 bridgehead atoms. The lowest BCUT2D eigenvalue weighted by molar-refractivity contribution is -0.153. The number of benzene rings is 3. The minimum atomic E-state index is -3.97. The van der Waals surface area contributed by atoms with Crippen LogP contribution >= 0.6 is 0 Å². The molecule has 1 fully saturated rings. The van der Waals surface area contributed by atoms with Crippen molar-refractivity contribution in [3.05, 3.63) is 95.6 Å². The Morgan fingerprint density at radius 2 is 1.31 bits per heavy atom. The van der Waals surface area contributed by atoms with Crippen molar-refractivity contribution in [2.24, 2.45) is 11.8 Å². The number of methoxy groups -OCH3 is 1. The van der Waals surface area contributed by atoms with E-state index in [9.17, 15) is 28.8 Å². The highest BCUT2D eigenvalue weighted by molar-refractivity contribution is 5.97. The van der Waals surface area contributed by atoms with Gasteiger partial charge in [0.25, 0.3) is 5.91 Å². The molecule has 5 rings (SSSR count). The Morgan fingerprint density at radius 3 is 1.88 bits per heavy atom. The van der Waals surface area contributed by atoms with Crippen molar-refractivity contribution in [1.82, 2.24) is 26.2 Å². The van der Waals surface area contributed by atoms with Gasteiger partial charge in [0.05, 0.1) is 7.11 Å². The zero-order valence-corrected chi connectivity index (χ0v) is 33.4. The first kappa shape index (κ1) is 43.3. The number of ether oxygens (including phenoxy) is 2. The second kappa shape index (κ2) is 18.6. The van der Waals surface area contributed by atoms with Crippen LogP contribution in [0.25, 0.3) is 11.1 Å². The van der Waals surface area contributed by atoms with Crippen LogP contribution in [0.5, 0.6) is 0 Å². The summed E-state index contributed by atoms with van der Waals surface area (Å²) < 4.78 is 43.2. The molecule has 0 radical (unpaired) electrons. The normalized spacial score (nSPS) is 17.0. The molecule has 1 saturated heterocycles. The molecular formula is C43H51F2N5O8. The van der Waals surface area contributed by atoms with Crippen molar-refractivity contribution < 1.29 is 47.0 Å². The Balaban J connectivity index is 1.29. The molecule has 0 spiro atoms. The number of alkyl carbamates (subject to hydrolysis) is 1. The first-order chi connectivity index (χ1) is 27.6. The van der Waals surface area contributed by atoms with Gasteiger partial charge in [-0.25, -0.2) is 9.59 Å². The van der Waals surface area contributed by atoms with Crippen LogP contribution in [-0.4, -0.2) is 91.1 Å². The van der Waals surface area contributed by atoms with Gasteiger partial charge in [-0.1, -0.05) is 107 Å². The number of halogens is 2. The number of esters is 1. The topological polar surface area (TPSA) is 172 Å². The lowest BCUT2D eigenvalue weighted by Crippen LogP contribution is -2.62. The molecule has 3 aromatic carbocycles. The number of nitrogens with one attached hydrogen (secondary N) is 4. The third-order valence-corrected chi connectivity index (χ3v) is 10.6. The summed E-state index contributed by atoms with van der Waals surface area (Å²) in [6.07, 6.45) is -0.594. The summed E-state index contributed by atoms with van der Waals surface area (Å²) in [6.45, 7) is 7.91. The molecule has 58 heavy (non-hydrogen) atoms. The first-order valence-electron chi connectivity index (χ1n) is 19.4.